The summed E-state index contributed by atoms with van der Waals surface area (Å²) < 4.78 is 161. The van der Waals surface area contributed by atoms with Crippen molar-refractivity contribution in [1.82, 2.24) is 0 Å². The molecule has 0 heterocycles. The van der Waals surface area contributed by atoms with Gasteiger partial charge in [-0.25, -0.2) is 8.78 Å². The average Bonchev–Trinajstić information content (AvgIpc) is 2.73. The van der Waals surface area contributed by atoms with E-state index in [1.54, 1.807) is 0 Å². The van der Waals surface area contributed by atoms with E-state index in [0.29, 0.717) is 12.8 Å². The molecule has 0 bridgehead atoms. The summed E-state index contributed by atoms with van der Waals surface area (Å²) in [6.45, 7) is -0.137. The molecular formula is C23H40F12O4. The number of rotatable bonds is 16. The van der Waals surface area contributed by atoms with Crippen LogP contribution in [0, 0.1) is 11.8 Å². The molecule has 16 heteroatoms. The van der Waals surface area contributed by atoms with Crippen molar-refractivity contribution in [2.75, 3.05) is 6.61 Å². The van der Waals surface area contributed by atoms with E-state index in [0.717, 1.165) is 0 Å². The summed E-state index contributed by atoms with van der Waals surface area (Å²) >= 11 is 0. The Morgan fingerprint density at radius 3 is 1.56 bits per heavy atom. The third-order valence-electron chi connectivity index (χ3n) is 5.27. The van der Waals surface area contributed by atoms with E-state index in [4.69, 9.17) is 5.11 Å². The third-order valence-corrected chi connectivity index (χ3v) is 5.27. The molecule has 0 fully saturated rings. The van der Waals surface area contributed by atoms with Crippen LogP contribution in [0.1, 0.15) is 82.1 Å². The van der Waals surface area contributed by atoms with E-state index < -0.39 is 66.4 Å². The summed E-state index contributed by atoms with van der Waals surface area (Å²) in [5.41, 5.74) is 0. The number of carbonyl (C=O) groups excluding carboxylic acids is 1. The maximum Gasteiger partial charge on any atom is 0.384 e. The molecule has 4 nitrogen and oxygen atoms in total. The molecule has 0 rings (SSSR count). The number of alkyl halides is 12. The zero-order chi connectivity index (χ0) is 28.0. The topological polar surface area (TPSA) is 63.6 Å². The SMILES string of the molecule is C.C.C.C.CCC(CCCCCC(C)C(=O)O)C(=O)OCC(F)(F)C(F)(F)C(F)(F)C(F)(F)C(F)(F)C(F)F. The molecule has 2 unspecified atom stereocenters. The number of unbranched alkanes of at least 4 members (excludes halogenated alkanes) is 2. The van der Waals surface area contributed by atoms with E-state index in [1.165, 1.54) is 13.8 Å². The normalized spacial score (nSPS) is 14.1. The van der Waals surface area contributed by atoms with E-state index in [1.807, 2.05) is 0 Å². The van der Waals surface area contributed by atoms with Crippen molar-refractivity contribution in [3.63, 3.8) is 0 Å². The van der Waals surface area contributed by atoms with Crippen LogP contribution in [0.15, 0.2) is 0 Å². The molecule has 0 saturated heterocycles. The number of carboxylic acids is 1. The minimum absolute atomic E-state index is 0. The fourth-order valence-corrected chi connectivity index (χ4v) is 2.77. The highest BCUT2D eigenvalue weighted by molar-refractivity contribution is 5.72. The van der Waals surface area contributed by atoms with Crippen LogP contribution in [-0.4, -0.2) is 59.7 Å². The van der Waals surface area contributed by atoms with Crippen LogP contribution >= 0.6 is 0 Å². The second-order valence-corrected chi connectivity index (χ2v) is 7.94. The lowest BCUT2D eigenvalue weighted by molar-refractivity contribution is -0.414. The zero-order valence-corrected chi connectivity index (χ0v) is 18.4. The number of hydrogen-bond donors (Lipinski definition) is 1. The van der Waals surface area contributed by atoms with Crippen LogP contribution in [0.4, 0.5) is 52.7 Å². The van der Waals surface area contributed by atoms with Crippen LogP contribution in [0.25, 0.3) is 0 Å². The molecule has 0 aliphatic carbocycles. The predicted molar refractivity (Wildman–Crippen MR) is 122 cm³/mol. The van der Waals surface area contributed by atoms with Gasteiger partial charge in [0, 0.05) is 0 Å². The van der Waals surface area contributed by atoms with Gasteiger partial charge in [-0.05, 0) is 19.3 Å². The first-order chi connectivity index (χ1) is 15.6. The number of aliphatic carboxylic acids is 1. The summed E-state index contributed by atoms with van der Waals surface area (Å²) in [4.78, 5) is 22.6. The lowest BCUT2D eigenvalue weighted by Gasteiger charge is -2.38. The highest BCUT2D eigenvalue weighted by Gasteiger charge is 2.87. The van der Waals surface area contributed by atoms with Crippen LogP contribution in [-0.2, 0) is 14.3 Å². The van der Waals surface area contributed by atoms with Crippen molar-refractivity contribution in [1.29, 1.82) is 0 Å². The Morgan fingerprint density at radius 1 is 0.744 bits per heavy atom. The van der Waals surface area contributed by atoms with Gasteiger partial charge in [-0.2, -0.15) is 43.9 Å². The number of esters is 1. The Kier molecular flexibility index (Phi) is 20.5. The first kappa shape index (κ1) is 46.9. The molecule has 1 N–H and O–H groups in total. The van der Waals surface area contributed by atoms with Crippen LogP contribution in [0.3, 0.4) is 0 Å². The van der Waals surface area contributed by atoms with Crippen molar-refractivity contribution >= 4 is 11.9 Å². The molecule has 0 saturated carbocycles. The minimum atomic E-state index is -7.67. The maximum atomic E-state index is 13.7. The van der Waals surface area contributed by atoms with Crippen LogP contribution < -0.4 is 0 Å². The fourth-order valence-electron chi connectivity index (χ4n) is 2.77. The summed E-state index contributed by atoms with van der Waals surface area (Å²) in [5.74, 6) is -40.6. The van der Waals surface area contributed by atoms with Crippen molar-refractivity contribution in [3.05, 3.63) is 0 Å². The van der Waals surface area contributed by atoms with Crippen LogP contribution in [0.2, 0.25) is 0 Å². The Morgan fingerprint density at radius 2 is 1.18 bits per heavy atom. The molecule has 0 aromatic heterocycles. The van der Waals surface area contributed by atoms with Gasteiger partial charge in [0.1, 0.15) is 0 Å². The number of hydrogen-bond acceptors (Lipinski definition) is 3. The second kappa shape index (κ2) is 17.0. The van der Waals surface area contributed by atoms with Gasteiger partial charge in [0.25, 0.3) is 0 Å². The number of ether oxygens (including phenoxy) is 1. The third kappa shape index (κ3) is 10.2. The molecule has 0 aliphatic heterocycles. The van der Waals surface area contributed by atoms with Gasteiger partial charge in [0.05, 0.1) is 11.8 Å². The van der Waals surface area contributed by atoms with Crippen LogP contribution in [0.5, 0.6) is 0 Å². The van der Waals surface area contributed by atoms with Gasteiger partial charge < -0.3 is 9.84 Å². The number of carbonyl (C=O) groups is 2. The maximum absolute atomic E-state index is 13.7. The highest BCUT2D eigenvalue weighted by atomic mass is 19.4. The molecule has 0 aliphatic rings. The summed E-state index contributed by atoms with van der Waals surface area (Å²) in [7, 11) is 0. The van der Waals surface area contributed by atoms with Crippen molar-refractivity contribution in [2.45, 2.75) is 118 Å². The van der Waals surface area contributed by atoms with Gasteiger partial charge in [-0.1, -0.05) is 62.8 Å². The lowest BCUT2D eigenvalue weighted by Crippen LogP contribution is -2.69. The quantitative estimate of drug-likeness (QED) is 0.108. The predicted octanol–water partition coefficient (Wildman–Crippen LogP) is 9.21. The molecule has 240 valence electrons. The van der Waals surface area contributed by atoms with E-state index >= 15 is 0 Å². The first-order valence-corrected chi connectivity index (χ1v) is 10.2. The van der Waals surface area contributed by atoms with Gasteiger partial charge in [0.2, 0.25) is 0 Å². The van der Waals surface area contributed by atoms with Crippen molar-refractivity contribution in [3.8, 4) is 0 Å². The molecule has 0 aromatic rings. The number of carboxylic acid groups (broad SMARTS) is 1. The van der Waals surface area contributed by atoms with Gasteiger partial charge in [-0.15, -0.1) is 0 Å². The summed E-state index contributed by atoms with van der Waals surface area (Å²) in [6.07, 6.45) is -4.51. The largest absolute Gasteiger partial charge is 0.481 e. The fraction of sp³-hybridized carbons (Fsp3) is 0.913. The van der Waals surface area contributed by atoms with E-state index in [2.05, 4.69) is 4.74 Å². The van der Waals surface area contributed by atoms with Crippen molar-refractivity contribution < 1.29 is 72.1 Å². The lowest BCUT2D eigenvalue weighted by atomic mass is 9.94. The molecule has 39 heavy (non-hydrogen) atoms. The standard InChI is InChI=1S/C19H24F12O4.4CH4/c1-3-11(8-6-4-5-7-10(2)12(32)33)13(34)35-9-15(22,23)17(26,27)19(30,31)18(28,29)16(24,25)14(20)21;;;;/h10-11,14H,3-9H2,1-2H3,(H,32,33);4*1H4. The molecule has 2 atom stereocenters. The molecule has 0 spiro atoms. The van der Waals surface area contributed by atoms with E-state index in [-0.39, 0.29) is 55.4 Å². The molecular weight excluding hydrogens is 568 g/mol. The van der Waals surface area contributed by atoms with Crippen molar-refractivity contribution in [2.24, 2.45) is 11.8 Å². The Balaban J connectivity index is -0.000000963. The minimum Gasteiger partial charge on any atom is -0.481 e. The van der Waals surface area contributed by atoms with Gasteiger partial charge in [-0.3, -0.25) is 9.59 Å². The van der Waals surface area contributed by atoms with E-state index in [9.17, 15) is 62.3 Å². The summed E-state index contributed by atoms with van der Waals surface area (Å²) in [6, 6.07) is 0. The van der Waals surface area contributed by atoms with Gasteiger partial charge in [0.15, 0.2) is 6.61 Å². The Hall–Kier alpha value is -1.90. The smallest absolute Gasteiger partial charge is 0.384 e. The van der Waals surface area contributed by atoms with Gasteiger partial charge >= 0.3 is 48.0 Å². The molecule has 0 aromatic carbocycles. The number of halogens is 12. The molecule has 0 radical (unpaired) electrons. The average molecular weight is 609 g/mol. The summed E-state index contributed by atoms with van der Waals surface area (Å²) in [5, 5.41) is 8.74. The second-order valence-electron chi connectivity index (χ2n) is 7.94. The monoisotopic (exact) mass is 608 g/mol. The zero-order valence-electron chi connectivity index (χ0n) is 18.4. The highest BCUT2D eigenvalue weighted by Crippen LogP contribution is 2.58. The Labute approximate surface area is 221 Å². The molecule has 0 amide bonds. The first-order valence-electron chi connectivity index (χ1n) is 10.2. The Bertz CT molecular complexity index is 715.